The lowest BCUT2D eigenvalue weighted by Gasteiger charge is -2.00. The van der Waals surface area contributed by atoms with Crippen molar-refractivity contribution in [3.8, 4) is 0 Å². The van der Waals surface area contributed by atoms with Gasteiger partial charge in [0.05, 0.1) is 0 Å². The Morgan fingerprint density at radius 2 is 2.07 bits per heavy atom. The van der Waals surface area contributed by atoms with Crippen LogP contribution in [0, 0.1) is 5.95 Å². The molecule has 0 N–H and O–H groups in total. The molecule has 0 bridgehead atoms. The molecule has 0 unspecified atom stereocenters. The summed E-state index contributed by atoms with van der Waals surface area (Å²) in [6, 6.07) is 8.59. The third-order valence-electron chi connectivity index (χ3n) is 1.63. The Bertz CT molecular complexity index is 435. The van der Waals surface area contributed by atoms with Crippen LogP contribution < -0.4 is 0 Å². The fourth-order valence-corrected chi connectivity index (χ4v) is 2.11. The van der Waals surface area contributed by atoms with Crippen LogP contribution >= 0.6 is 23.4 Å². The highest BCUT2D eigenvalue weighted by Gasteiger charge is 2.01. The number of hydrogen-bond donors (Lipinski definition) is 0. The molecule has 0 aliphatic carbocycles. The van der Waals surface area contributed by atoms with E-state index in [-0.39, 0.29) is 0 Å². The monoisotopic (exact) mass is 240 g/mol. The normalized spacial score (nSPS) is 10.3. The van der Waals surface area contributed by atoms with Crippen LogP contribution in [0.15, 0.2) is 46.6 Å². The molecule has 1 aromatic heterocycles. The maximum atomic E-state index is 12.8. The molecule has 1 aromatic carbocycles. The van der Waals surface area contributed by atoms with E-state index in [1.165, 1.54) is 24.2 Å². The van der Waals surface area contributed by atoms with Crippen LogP contribution in [0.1, 0.15) is 0 Å². The number of benzene rings is 1. The predicted molar refractivity (Wildman–Crippen MR) is 57.6 cm³/mol. The third-order valence-corrected chi connectivity index (χ3v) is 2.78. The van der Waals surface area contributed by atoms with E-state index in [2.05, 4.69) is 9.97 Å². The number of hydrogen-bond acceptors (Lipinski definition) is 3. The van der Waals surface area contributed by atoms with Crippen LogP contribution in [0.2, 0.25) is 5.02 Å². The first-order valence-electron chi connectivity index (χ1n) is 4.15. The van der Waals surface area contributed by atoms with E-state index in [0.29, 0.717) is 10.0 Å². The van der Waals surface area contributed by atoms with Gasteiger partial charge >= 0.3 is 0 Å². The fourth-order valence-electron chi connectivity index (χ4n) is 1.02. The molecule has 0 saturated carbocycles. The Morgan fingerprint density at radius 3 is 2.80 bits per heavy atom. The Hall–Kier alpha value is -1.13. The zero-order valence-electron chi connectivity index (χ0n) is 7.52. The number of rotatable bonds is 2. The van der Waals surface area contributed by atoms with Gasteiger partial charge in [0.1, 0.15) is 11.4 Å². The lowest BCUT2D eigenvalue weighted by Crippen LogP contribution is -1.86. The molecule has 0 radical (unpaired) electrons. The number of halogens is 2. The van der Waals surface area contributed by atoms with Crippen LogP contribution in [0.25, 0.3) is 0 Å². The zero-order valence-corrected chi connectivity index (χ0v) is 9.10. The molecule has 0 saturated heterocycles. The SMILES string of the molecule is Fc1cc(Sc2cccc(Cl)c2)ncn1. The molecule has 0 aliphatic rings. The maximum Gasteiger partial charge on any atom is 0.217 e. The predicted octanol–water partition coefficient (Wildman–Crippen LogP) is 3.42. The van der Waals surface area contributed by atoms with Crippen molar-refractivity contribution in [1.29, 1.82) is 0 Å². The van der Waals surface area contributed by atoms with Gasteiger partial charge in [-0.15, -0.1) is 0 Å². The van der Waals surface area contributed by atoms with E-state index in [1.807, 2.05) is 12.1 Å². The highest BCUT2D eigenvalue weighted by molar-refractivity contribution is 7.99. The summed E-state index contributed by atoms with van der Waals surface area (Å²) in [6.45, 7) is 0. The second kappa shape index (κ2) is 4.59. The van der Waals surface area contributed by atoms with Gasteiger partial charge < -0.3 is 0 Å². The lowest BCUT2D eigenvalue weighted by molar-refractivity contribution is 0.572. The van der Waals surface area contributed by atoms with E-state index < -0.39 is 5.95 Å². The molecule has 76 valence electrons. The highest BCUT2D eigenvalue weighted by atomic mass is 35.5. The van der Waals surface area contributed by atoms with Crippen molar-refractivity contribution in [2.24, 2.45) is 0 Å². The average molecular weight is 241 g/mol. The van der Waals surface area contributed by atoms with Gasteiger partial charge in [0, 0.05) is 16.0 Å². The number of nitrogens with zero attached hydrogens (tertiary/aromatic N) is 2. The van der Waals surface area contributed by atoms with Gasteiger partial charge in [0.25, 0.3) is 0 Å². The molecule has 2 rings (SSSR count). The summed E-state index contributed by atoms with van der Waals surface area (Å²) in [5, 5.41) is 1.21. The summed E-state index contributed by atoms with van der Waals surface area (Å²) in [7, 11) is 0. The van der Waals surface area contributed by atoms with Crippen molar-refractivity contribution in [2.75, 3.05) is 0 Å². The summed E-state index contributed by atoms with van der Waals surface area (Å²) in [6.07, 6.45) is 1.20. The molecule has 2 aromatic rings. The zero-order chi connectivity index (χ0) is 10.7. The van der Waals surface area contributed by atoms with Crippen molar-refractivity contribution in [3.05, 3.63) is 47.6 Å². The minimum atomic E-state index is -0.533. The van der Waals surface area contributed by atoms with Crippen molar-refractivity contribution in [1.82, 2.24) is 9.97 Å². The van der Waals surface area contributed by atoms with Gasteiger partial charge in [-0.3, -0.25) is 0 Å². The molecule has 0 aliphatic heterocycles. The van der Waals surface area contributed by atoms with E-state index in [1.54, 1.807) is 12.1 Å². The average Bonchev–Trinajstić information content (AvgIpc) is 2.17. The van der Waals surface area contributed by atoms with Crippen LogP contribution in [0.5, 0.6) is 0 Å². The van der Waals surface area contributed by atoms with E-state index in [0.717, 1.165) is 4.90 Å². The molecule has 0 fully saturated rings. The van der Waals surface area contributed by atoms with Crippen molar-refractivity contribution in [2.45, 2.75) is 9.92 Å². The summed E-state index contributed by atoms with van der Waals surface area (Å²) in [5.74, 6) is -0.533. The first-order chi connectivity index (χ1) is 7.24. The number of aromatic nitrogens is 2. The van der Waals surface area contributed by atoms with Crippen LogP contribution in [-0.2, 0) is 0 Å². The summed E-state index contributed by atoms with van der Waals surface area (Å²) >= 11 is 7.16. The van der Waals surface area contributed by atoms with Gasteiger partial charge in [0.2, 0.25) is 5.95 Å². The Labute approximate surface area is 95.5 Å². The highest BCUT2D eigenvalue weighted by Crippen LogP contribution is 2.27. The van der Waals surface area contributed by atoms with Crippen molar-refractivity contribution < 1.29 is 4.39 Å². The molecule has 0 amide bonds. The molecule has 15 heavy (non-hydrogen) atoms. The van der Waals surface area contributed by atoms with Crippen LogP contribution in [0.3, 0.4) is 0 Å². The molecular formula is C10H6ClFN2S. The first-order valence-corrected chi connectivity index (χ1v) is 5.34. The summed E-state index contributed by atoms with van der Waals surface area (Å²) in [4.78, 5) is 8.23. The lowest BCUT2D eigenvalue weighted by atomic mass is 10.4. The topological polar surface area (TPSA) is 25.8 Å². The van der Waals surface area contributed by atoms with E-state index in [4.69, 9.17) is 11.6 Å². The largest absolute Gasteiger partial charge is 0.229 e. The van der Waals surface area contributed by atoms with Gasteiger partial charge in [-0.1, -0.05) is 29.4 Å². The minimum Gasteiger partial charge on any atom is -0.229 e. The maximum absolute atomic E-state index is 12.8. The van der Waals surface area contributed by atoms with Crippen LogP contribution in [0.4, 0.5) is 4.39 Å². The van der Waals surface area contributed by atoms with Crippen LogP contribution in [-0.4, -0.2) is 9.97 Å². The van der Waals surface area contributed by atoms with E-state index >= 15 is 0 Å². The van der Waals surface area contributed by atoms with E-state index in [9.17, 15) is 4.39 Å². The molecule has 0 atom stereocenters. The van der Waals surface area contributed by atoms with Crippen molar-refractivity contribution >= 4 is 23.4 Å². The van der Waals surface area contributed by atoms with Gasteiger partial charge in [-0.05, 0) is 18.2 Å². The molecule has 2 nitrogen and oxygen atoms in total. The molecule has 1 heterocycles. The Balaban J connectivity index is 2.22. The van der Waals surface area contributed by atoms with Gasteiger partial charge in [0.15, 0.2) is 0 Å². The first kappa shape index (κ1) is 10.4. The summed E-state index contributed by atoms with van der Waals surface area (Å²) in [5.41, 5.74) is 0. The van der Waals surface area contributed by atoms with Gasteiger partial charge in [-0.25, -0.2) is 9.97 Å². The third kappa shape index (κ3) is 2.91. The second-order valence-electron chi connectivity index (χ2n) is 2.74. The Morgan fingerprint density at radius 1 is 1.20 bits per heavy atom. The van der Waals surface area contributed by atoms with Crippen molar-refractivity contribution in [3.63, 3.8) is 0 Å². The second-order valence-corrected chi connectivity index (χ2v) is 4.27. The quantitative estimate of drug-likeness (QED) is 0.753. The standard InChI is InChI=1S/C10H6ClFN2S/c11-7-2-1-3-8(4-7)15-10-5-9(12)13-6-14-10/h1-6H. The minimum absolute atomic E-state index is 0.533. The Kier molecular flexibility index (Phi) is 3.18. The molecule has 5 heteroatoms. The van der Waals surface area contributed by atoms with Gasteiger partial charge in [-0.2, -0.15) is 4.39 Å². The fraction of sp³-hybridized carbons (Fsp3) is 0. The molecule has 0 spiro atoms. The smallest absolute Gasteiger partial charge is 0.217 e. The summed E-state index contributed by atoms with van der Waals surface area (Å²) < 4.78 is 12.8. The molecular weight excluding hydrogens is 235 g/mol.